The SMILES string of the molecule is CCCCCCC(=O)OC1(OO)c2ccccc2C(=O)c2ccccc21. The first-order chi connectivity index (χ1) is 12.6. The van der Waals surface area contributed by atoms with Crippen LogP contribution in [-0.2, 0) is 20.2 Å². The van der Waals surface area contributed by atoms with Crippen LogP contribution < -0.4 is 0 Å². The highest BCUT2D eigenvalue weighted by atomic mass is 17.1. The Morgan fingerprint density at radius 3 is 2.08 bits per heavy atom. The summed E-state index contributed by atoms with van der Waals surface area (Å²) in [5.74, 6) is -2.50. The Balaban J connectivity index is 1.99. The van der Waals surface area contributed by atoms with Gasteiger partial charge in [0.25, 0.3) is 5.79 Å². The monoisotopic (exact) mass is 354 g/mol. The molecule has 2 aromatic rings. The average Bonchev–Trinajstić information content (AvgIpc) is 2.68. The van der Waals surface area contributed by atoms with Crippen LogP contribution in [0.4, 0.5) is 0 Å². The second kappa shape index (κ2) is 7.81. The number of rotatable bonds is 7. The van der Waals surface area contributed by atoms with E-state index in [1.54, 1.807) is 48.5 Å². The molecule has 0 saturated heterocycles. The van der Waals surface area contributed by atoms with Crippen LogP contribution in [-0.4, -0.2) is 17.0 Å². The molecule has 1 aliphatic carbocycles. The van der Waals surface area contributed by atoms with Crippen LogP contribution in [0.1, 0.15) is 66.1 Å². The Morgan fingerprint density at radius 2 is 1.54 bits per heavy atom. The summed E-state index contributed by atoms with van der Waals surface area (Å²) >= 11 is 0. The highest BCUT2D eigenvalue weighted by molar-refractivity contribution is 6.13. The fourth-order valence-corrected chi connectivity index (χ4v) is 3.36. The molecule has 1 aliphatic rings. The predicted molar refractivity (Wildman–Crippen MR) is 95.7 cm³/mol. The number of hydrogen-bond donors (Lipinski definition) is 1. The van der Waals surface area contributed by atoms with Crippen LogP contribution in [0.25, 0.3) is 0 Å². The summed E-state index contributed by atoms with van der Waals surface area (Å²) in [4.78, 5) is 30.0. The van der Waals surface area contributed by atoms with Crippen molar-refractivity contribution in [1.29, 1.82) is 0 Å². The molecular weight excluding hydrogens is 332 g/mol. The topological polar surface area (TPSA) is 72.8 Å². The number of carbonyl (C=O) groups is 2. The summed E-state index contributed by atoms with van der Waals surface area (Å²) in [6.45, 7) is 2.10. The molecule has 26 heavy (non-hydrogen) atoms. The molecule has 0 radical (unpaired) electrons. The molecule has 0 atom stereocenters. The molecule has 1 N–H and O–H groups in total. The second-order valence-electron chi connectivity index (χ2n) is 6.41. The van der Waals surface area contributed by atoms with E-state index in [4.69, 9.17) is 9.62 Å². The maximum Gasteiger partial charge on any atom is 0.308 e. The number of hydrogen-bond acceptors (Lipinski definition) is 5. The van der Waals surface area contributed by atoms with E-state index in [0.717, 1.165) is 19.3 Å². The third kappa shape index (κ3) is 3.16. The minimum Gasteiger partial charge on any atom is -0.421 e. The number of carbonyl (C=O) groups excluding carboxylic acids is 2. The van der Waals surface area contributed by atoms with Crippen LogP contribution in [0.15, 0.2) is 48.5 Å². The molecule has 5 heteroatoms. The number of ketones is 1. The number of esters is 1. The third-order valence-corrected chi connectivity index (χ3v) is 4.67. The van der Waals surface area contributed by atoms with Crippen molar-refractivity contribution in [3.63, 3.8) is 0 Å². The van der Waals surface area contributed by atoms with Gasteiger partial charge in [0.15, 0.2) is 5.78 Å². The Morgan fingerprint density at radius 1 is 0.962 bits per heavy atom. The summed E-state index contributed by atoms with van der Waals surface area (Å²) in [5.41, 5.74) is 1.35. The quantitative estimate of drug-likeness (QED) is 0.262. The average molecular weight is 354 g/mol. The van der Waals surface area contributed by atoms with E-state index in [2.05, 4.69) is 6.92 Å². The van der Waals surface area contributed by atoms with Gasteiger partial charge in [0.2, 0.25) is 0 Å². The molecule has 5 nitrogen and oxygen atoms in total. The Labute approximate surface area is 152 Å². The lowest BCUT2D eigenvalue weighted by Crippen LogP contribution is -2.41. The molecule has 0 fully saturated rings. The van der Waals surface area contributed by atoms with Gasteiger partial charge in [0, 0.05) is 28.7 Å². The molecule has 0 bridgehead atoms. The van der Waals surface area contributed by atoms with Gasteiger partial charge in [-0.25, -0.2) is 5.26 Å². The van der Waals surface area contributed by atoms with Crippen molar-refractivity contribution in [2.24, 2.45) is 0 Å². The second-order valence-corrected chi connectivity index (χ2v) is 6.41. The molecule has 3 rings (SSSR count). The Bertz CT molecular complexity index is 762. The van der Waals surface area contributed by atoms with Gasteiger partial charge in [-0.05, 0) is 6.42 Å². The van der Waals surface area contributed by atoms with E-state index in [1.807, 2.05) is 0 Å². The Kier molecular flexibility index (Phi) is 5.49. The maximum absolute atomic E-state index is 12.8. The first-order valence-electron chi connectivity index (χ1n) is 8.92. The van der Waals surface area contributed by atoms with Crippen LogP contribution >= 0.6 is 0 Å². The normalized spacial score (nSPS) is 14.5. The van der Waals surface area contributed by atoms with Gasteiger partial charge in [-0.3, -0.25) is 9.59 Å². The first kappa shape index (κ1) is 18.3. The molecule has 2 aromatic carbocycles. The van der Waals surface area contributed by atoms with Gasteiger partial charge in [-0.15, -0.1) is 0 Å². The summed E-state index contributed by atoms with van der Waals surface area (Å²) in [6, 6.07) is 13.4. The number of unbranched alkanes of at least 4 members (excludes halogenated alkanes) is 3. The van der Waals surface area contributed by atoms with E-state index < -0.39 is 11.8 Å². The van der Waals surface area contributed by atoms with Crippen LogP contribution in [0.2, 0.25) is 0 Å². The lowest BCUT2D eigenvalue weighted by Gasteiger charge is -2.36. The van der Waals surface area contributed by atoms with Gasteiger partial charge in [-0.1, -0.05) is 74.7 Å². The zero-order valence-electron chi connectivity index (χ0n) is 14.7. The zero-order chi connectivity index (χ0) is 18.6. The first-order valence-corrected chi connectivity index (χ1v) is 8.92. The number of benzene rings is 2. The van der Waals surface area contributed by atoms with Gasteiger partial charge in [0.1, 0.15) is 0 Å². The molecule has 0 aromatic heterocycles. The van der Waals surface area contributed by atoms with Crippen molar-refractivity contribution < 1.29 is 24.5 Å². The molecule has 0 spiro atoms. The fourth-order valence-electron chi connectivity index (χ4n) is 3.36. The number of ether oxygens (including phenoxy) is 1. The van der Waals surface area contributed by atoms with Crippen molar-refractivity contribution in [2.45, 2.75) is 44.8 Å². The van der Waals surface area contributed by atoms with Crippen LogP contribution in [0, 0.1) is 0 Å². The summed E-state index contributed by atoms with van der Waals surface area (Å²) in [7, 11) is 0. The fraction of sp³-hybridized carbons (Fsp3) is 0.333. The Hall–Kier alpha value is -2.50. The van der Waals surface area contributed by atoms with Crippen LogP contribution in [0.5, 0.6) is 0 Å². The van der Waals surface area contributed by atoms with E-state index in [-0.39, 0.29) is 12.2 Å². The van der Waals surface area contributed by atoms with Crippen LogP contribution in [0.3, 0.4) is 0 Å². The maximum atomic E-state index is 12.8. The van der Waals surface area contributed by atoms with Gasteiger partial charge in [0.05, 0.1) is 0 Å². The van der Waals surface area contributed by atoms with Gasteiger partial charge in [-0.2, -0.15) is 4.89 Å². The molecule has 0 amide bonds. The highest BCUT2D eigenvalue weighted by Gasteiger charge is 2.48. The molecule has 0 aliphatic heterocycles. The summed E-state index contributed by atoms with van der Waals surface area (Å²) in [6.07, 6.45) is 3.99. The smallest absolute Gasteiger partial charge is 0.308 e. The standard InChI is InChI=1S/C21H22O5/c1-2-3-4-5-14-19(22)25-21(26-24)17-12-8-6-10-15(17)20(23)16-11-7-9-13-18(16)21/h6-13,24H,2-5,14H2,1H3. The van der Waals surface area contributed by atoms with Gasteiger partial charge >= 0.3 is 5.97 Å². The van der Waals surface area contributed by atoms with E-state index in [0.29, 0.717) is 28.7 Å². The minimum absolute atomic E-state index is 0.192. The third-order valence-electron chi connectivity index (χ3n) is 4.67. The van der Waals surface area contributed by atoms with Crippen molar-refractivity contribution in [2.75, 3.05) is 0 Å². The summed E-state index contributed by atoms with van der Waals surface area (Å²) in [5, 5.41) is 9.79. The van der Waals surface area contributed by atoms with E-state index in [9.17, 15) is 14.8 Å². The van der Waals surface area contributed by atoms with E-state index >= 15 is 0 Å². The molecular formula is C21H22O5. The largest absolute Gasteiger partial charge is 0.421 e. The van der Waals surface area contributed by atoms with Crippen molar-refractivity contribution in [3.05, 3.63) is 70.8 Å². The zero-order valence-corrected chi connectivity index (χ0v) is 14.7. The molecule has 0 heterocycles. The minimum atomic E-state index is -1.83. The van der Waals surface area contributed by atoms with Crippen molar-refractivity contribution in [3.8, 4) is 0 Å². The molecule has 136 valence electrons. The molecule has 0 saturated carbocycles. The predicted octanol–water partition coefficient (Wildman–Crippen LogP) is 4.44. The van der Waals surface area contributed by atoms with Gasteiger partial charge < -0.3 is 4.74 Å². The molecule has 0 unspecified atom stereocenters. The van der Waals surface area contributed by atoms with Crippen molar-refractivity contribution >= 4 is 11.8 Å². The lowest BCUT2D eigenvalue weighted by molar-refractivity contribution is -0.384. The summed E-state index contributed by atoms with van der Waals surface area (Å²) < 4.78 is 5.65. The number of fused-ring (bicyclic) bond motifs is 2. The highest BCUT2D eigenvalue weighted by Crippen LogP contribution is 2.43. The lowest BCUT2D eigenvalue weighted by atomic mass is 9.80. The van der Waals surface area contributed by atoms with E-state index in [1.165, 1.54) is 0 Å². The van der Waals surface area contributed by atoms with Crippen molar-refractivity contribution in [1.82, 2.24) is 0 Å².